The minimum atomic E-state index is -3.66. The average molecular weight is 1070 g/mol. The first-order chi connectivity index (χ1) is 33.6. The summed E-state index contributed by atoms with van der Waals surface area (Å²) in [5.74, 6) is 0. The number of benzene rings is 6. The van der Waals surface area contributed by atoms with Gasteiger partial charge in [-0.1, -0.05) is 131 Å². The minimum absolute atomic E-state index is 0.273. The predicted octanol–water partition coefficient (Wildman–Crippen LogP) is 11.8. The first-order valence-corrected chi connectivity index (χ1v) is 27.8. The molecular formula is C51H45Cl3N6O6S4. The first-order valence-electron chi connectivity index (χ1n) is 22.1. The van der Waals surface area contributed by atoms with Crippen molar-refractivity contribution in [2.45, 2.75) is 50.4 Å². The summed E-state index contributed by atoms with van der Waals surface area (Å²) in [4.78, 5) is 2.39. The lowest BCUT2D eigenvalue weighted by atomic mass is 10.0. The van der Waals surface area contributed by atoms with Crippen LogP contribution in [0.3, 0.4) is 0 Å². The van der Waals surface area contributed by atoms with Gasteiger partial charge in [-0.15, -0.1) is 20.4 Å². The molecule has 2 aliphatic rings. The van der Waals surface area contributed by atoms with E-state index in [1.165, 1.54) is 32.1 Å². The zero-order chi connectivity index (χ0) is 49.2. The molecular weight excluding hydrogens is 1030 g/mol. The van der Waals surface area contributed by atoms with Crippen molar-refractivity contribution in [3.05, 3.63) is 153 Å². The van der Waals surface area contributed by atoms with E-state index in [-0.39, 0.29) is 9.79 Å². The van der Waals surface area contributed by atoms with E-state index in [1.54, 1.807) is 25.1 Å². The molecule has 10 rings (SSSR count). The zero-order valence-electron chi connectivity index (χ0n) is 38.1. The molecule has 2 aromatic heterocycles. The van der Waals surface area contributed by atoms with Crippen molar-refractivity contribution in [1.82, 2.24) is 29.0 Å². The lowest BCUT2D eigenvalue weighted by Gasteiger charge is -2.26. The maximum absolute atomic E-state index is 13.4. The Hall–Kier alpha value is -4.69. The van der Waals surface area contributed by atoms with E-state index in [0.717, 1.165) is 41.9 Å². The smallest absolute Gasteiger partial charge is 0.243 e. The zero-order valence-corrected chi connectivity index (χ0v) is 43.6. The highest BCUT2D eigenvalue weighted by Crippen LogP contribution is 2.40. The van der Waals surface area contributed by atoms with Crippen LogP contribution in [0.2, 0.25) is 15.1 Å². The monoisotopic (exact) mass is 1070 g/mol. The molecule has 0 saturated carbocycles. The van der Waals surface area contributed by atoms with Gasteiger partial charge in [0.05, 0.1) is 36.2 Å². The van der Waals surface area contributed by atoms with Gasteiger partial charge in [0.25, 0.3) is 0 Å². The van der Waals surface area contributed by atoms with Crippen molar-refractivity contribution in [3.8, 4) is 22.5 Å². The van der Waals surface area contributed by atoms with Crippen molar-refractivity contribution in [2.75, 3.05) is 52.6 Å². The number of hydrogen-bond acceptors (Lipinski definition) is 12. The molecule has 2 aliphatic heterocycles. The largest absolute Gasteiger partial charge is 0.379 e. The molecule has 2 fully saturated rings. The fraction of sp³-hybridized carbons (Fsp3) is 0.216. The molecule has 360 valence electrons. The van der Waals surface area contributed by atoms with Crippen LogP contribution >= 0.6 is 58.3 Å². The Morgan fingerprint density at radius 2 is 0.857 bits per heavy atom. The number of rotatable bonds is 10. The number of aromatic nitrogens is 4. The van der Waals surface area contributed by atoms with Gasteiger partial charge in [-0.25, -0.2) is 16.8 Å². The molecule has 4 heterocycles. The van der Waals surface area contributed by atoms with Gasteiger partial charge in [0.15, 0.2) is 0 Å². The van der Waals surface area contributed by atoms with Gasteiger partial charge in [0, 0.05) is 83.7 Å². The van der Waals surface area contributed by atoms with Gasteiger partial charge >= 0.3 is 0 Å². The topological polar surface area (TPSA) is 145 Å². The number of ether oxygens (including phenoxy) is 2. The highest BCUT2D eigenvalue weighted by atomic mass is 35.5. The van der Waals surface area contributed by atoms with E-state index < -0.39 is 20.0 Å². The molecule has 0 aliphatic carbocycles. The summed E-state index contributed by atoms with van der Waals surface area (Å²) in [5.41, 5.74) is 5.11. The Balaban J connectivity index is 0.000000174. The van der Waals surface area contributed by atoms with Gasteiger partial charge in [0.1, 0.15) is 21.4 Å². The molecule has 70 heavy (non-hydrogen) atoms. The van der Waals surface area contributed by atoms with E-state index in [4.69, 9.17) is 44.3 Å². The van der Waals surface area contributed by atoms with Crippen LogP contribution in [0.1, 0.15) is 16.7 Å². The lowest BCUT2D eigenvalue weighted by Crippen LogP contribution is -2.40. The molecule has 0 N–H and O–H groups in total. The predicted molar refractivity (Wildman–Crippen MR) is 279 cm³/mol. The number of fused-ring (bicyclic) bond motifs is 2. The van der Waals surface area contributed by atoms with E-state index in [0.29, 0.717) is 106 Å². The first kappa shape index (κ1) is 50.3. The van der Waals surface area contributed by atoms with Gasteiger partial charge < -0.3 is 9.47 Å². The van der Waals surface area contributed by atoms with Crippen molar-refractivity contribution >= 4 is 99.9 Å². The molecule has 0 bridgehead atoms. The van der Waals surface area contributed by atoms with Crippen LogP contribution in [0.15, 0.2) is 151 Å². The molecule has 0 atom stereocenters. The fourth-order valence-corrected chi connectivity index (χ4v) is 14.5. The van der Waals surface area contributed by atoms with Crippen molar-refractivity contribution in [2.24, 2.45) is 0 Å². The normalized spacial score (nSPS) is 14.9. The Morgan fingerprint density at radius 3 is 1.27 bits per heavy atom. The van der Waals surface area contributed by atoms with Gasteiger partial charge in [-0.05, 0) is 86.0 Å². The summed E-state index contributed by atoms with van der Waals surface area (Å²) < 4.78 is 67.2. The highest BCUT2D eigenvalue weighted by Gasteiger charge is 2.30. The highest BCUT2D eigenvalue weighted by molar-refractivity contribution is 7.99. The van der Waals surface area contributed by atoms with Crippen molar-refractivity contribution < 1.29 is 26.3 Å². The second-order valence-electron chi connectivity index (χ2n) is 16.6. The van der Waals surface area contributed by atoms with Crippen molar-refractivity contribution in [1.29, 1.82) is 0 Å². The van der Waals surface area contributed by atoms with E-state index in [2.05, 4.69) is 26.5 Å². The van der Waals surface area contributed by atoms with Gasteiger partial charge in [-0.2, -0.15) is 8.61 Å². The number of aryl methyl sites for hydroxylation is 3. The number of hydrogen-bond donors (Lipinski definition) is 0. The fourth-order valence-electron chi connectivity index (χ4n) is 8.21. The van der Waals surface area contributed by atoms with Gasteiger partial charge in [-0.3, -0.25) is 0 Å². The quantitative estimate of drug-likeness (QED) is 0.128. The standard InChI is InChI=1S/C26H24ClN3O3S2.C25H21Cl2N3O3S2/c1-17-13-20(27)16-21(14-17)34-26-23-6-4-3-5-22(23)25(28-29-26)19-8-7-18(2)24(15-19)35(31,32)30-9-11-33-12-10-30;1-16-6-7-17(12-23(16)35(31,32)30-8-10-33-11-9-30)24-21-4-2-3-5-22(21)25(29-28-24)34-20-14-18(26)13-19(27)15-20/h3-8,13-16H,9-12H2,1-2H3;2-7,12-15H,8-11H2,1H3. The van der Waals surface area contributed by atoms with Crippen molar-refractivity contribution in [3.63, 3.8) is 0 Å². The maximum atomic E-state index is 13.4. The lowest BCUT2D eigenvalue weighted by molar-refractivity contribution is 0.0730. The third-order valence-corrected chi connectivity index (χ3v) is 18.4. The third kappa shape index (κ3) is 11.0. The summed E-state index contributed by atoms with van der Waals surface area (Å²) in [6, 6.07) is 37.8. The van der Waals surface area contributed by atoms with Crippen LogP contribution in [0.5, 0.6) is 0 Å². The summed E-state index contributed by atoms with van der Waals surface area (Å²) in [7, 11) is -7.30. The molecule has 12 nitrogen and oxygen atoms in total. The molecule has 8 aromatic rings. The van der Waals surface area contributed by atoms with E-state index in [1.807, 2.05) is 111 Å². The molecule has 2 saturated heterocycles. The third-order valence-electron chi connectivity index (χ3n) is 11.7. The van der Waals surface area contributed by atoms with E-state index in [9.17, 15) is 16.8 Å². The Kier molecular flexibility index (Phi) is 15.5. The Bertz CT molecular complexity index is 3230. The number of halogens is 3. The van der Waals surface area contributed by atoms with Crippen LogP contribution in [0, 0.1) is 20.8 Å². The molecule has 0 radical (unpaired) electrons. The molecule has 0 spiro atoms. The molecule has 0 amide bonds. The number of sulfonamides is 2. The summed E-state index contributed by atoms with van der Waals surface area (Å²) in [6.07, 6.45) is 0. The summed E-state index contributed by atoms with van der Waals surface area (Å²) in [6.45, 7) is 8.59. The Morgan fingerprint density at radius 1 is 0.471 bits per heavy atom. The maximum Gasteiger partial charge on any atom is 0.243 e. The summed E-state index contributed by atoms with van der Waals surface area (Å²) >= 11 is 21.5. The van der Waals surface area contributed by atoms with Crippen LogP contribution in [0.25, 0.3) is 44.1 Å². The van der Waals surface area contributed by atoms with Crippen LogP contribution < -0.4 is 0 Å². The summed E-state index contributed by atoms with van der Waals surface area (Å²) in [5, 5.41) is 24.9. The number of nitrogens with zero attached hydrogens (tertiary/aromatic N) is 6. The second kappa shape index (κ2) is 21.6. The average Bonchev–Trinajstić information content (AvgIpc) is 3.35. The molecule has 6 aromatic carbocycles. The van der Waals surface area contributed by atoms with Crippen LogP contribution in [-0.4, -0.2) is 98.4 Å². The Labute approximate surface area is 430 Å². The number of morpholine rings is 2. The SMILES string of the molecule is Cc1cc(Cl)cc(Sc2nnc(-c3ccc(C)c(S(=O)(=O)N4CCOCC4)c3)c3ccccc23)c1.Cc1ccc(-c2nnc(Sc3cc(Cl)cc(Cl)c3)c3ccccc23)cc1S(=O)(=O)N1CCOCC1. The molecule has 0 unspecified atom stereocenters. The second-order valence-corrected chi connectivity index (χ2v) is 23.8. The van der Waals surface area contributed by atoms with Crippen LogP contribution in [0.4, 0.5) is 0 Å². The van der Waals surface area contributed by atoms with Crippen LogP contribution in [-0.2, 0) is 29.5 Å². The van der Waals surface area contributed by atoms with Gasteiger partial charge in [0.2, 0.25) is 20.0 Å². The molecule has 19 heteroatoms. The van der Waals surface area contributed by atoms with E-state index >= 15 is 0 Å². The minimum Gasteiger partial charge on any atom is -0.379 e.